The fourth-order valence-corrected chi connectivity index (χ4v) is 1.36. The summed E-state index contributed by atoms with van der Waals surface area (Å²) in [5, 5.41) is 0.295. The number of nitrogens with one attached hydrogen (secondary N) is 1. The molecule has 1 aromatic heterocycles. The number of methoxy groups -OCH3 is 1. The Labute approximate surface area is 103 Å². The zero-order valence-electron chi connectivity index (χ0n) is 8.50. The van der Waals surface area contributed by atoms with Crippen LogP contribution in [-0.4, -0.2) is 31.2 Å². The van der Waals surface area contributed by atoms with E-state index in [0.29, 0.717) is 6.61 Å². The lowest BCUT2D eigenvalue weighted by atomic mass is 10.2. The second-order valence-electron chi connectivity index (χ2n) is 2.77. The molecule has 1 amide bonds. The Kier molecular flexibility index (Phi) is 5.48. The normalized spacial score (nSPS) is 10.2. The molecule has 0 unspecified atom stereocenters. The zero-order chi connectivity index (χ0) is 12.0. The molecule has 1 rings (SSSR count). The van der Waals surface area contributed by atoms with Crippen molar-refractivity contribution in [2.75, 3.05) is 20.3 Å². The maximum Gasteiger partial charge on any atom is 0.275 e. The second-order valence-corrected chi connectivity index (χ2v) is 3.55. The third-order valence-electron chi connectivity index (χ3n) is 1.58. The quantitative estimate of drug-likeness (QED) is 0.500. The minimum absolute atomic E-state index is 0.148. The predicted octanol–water partition coefficient (Wildman–Crippen LogP) is 1.70. The molecule has 1 aromatic rings. The molecule has 7 heteroatoms. The number of aromatic nitrogens is 1. The van der Waals surface area contributed by atoms with Crippen molar-refractivity contribution >= 4 is 29.1 Å². The first kappa shape index (κ1) is 13.2. The fourth-order valence-electron chi connectivity index (χ4n) is 0.896. The summed E-state index contributed by atoms with van der Waals surface area (Å²) in [6.07, 6.45) is 0. The Balaban J connectivity index is 2.52. The Bertz CT molecular complexity index is 354. The molecule has 5 nitrogen and oxygen atoms in total. The van der Waals surface area contributed by atoms with E-state index in [1.807, 2.05) is 0 Å². The Morgan fingerprint density at radius 3 is 2.56 bits per heavy atom. The Morgan fingerprint density at radius 1 is 1.38 bits per heavy atom. The molecule has 0 aliphatic heterocycles. The Hall–Kier alpha value is -0.880. The third-order valence-corrected chi connectivity index (χ3v) is 1.97. The standard InChI is InChI=1S/C9H10Cl2N2O3/c1-15-2-3-16-13-9(14)6-4-7(10)12-8(11)5-6/h4-5H,2-3H2,1H3,(H,13,14). The van der Waals surface area contributed by atoms with E-state index in [1.165, 1.54) is 19.2 Å². The molecule has 0 saturated carbocycles. The highest BCUT2D eigenvalue weighted by Gasteiger charge is 2.08. The summed E-state index contributed by atoms with van der Waals surface area (Å²) in [5.74, 6) is -0.442. The molecule has 0 saturated heterocycles. The van der Waals surface area contributed by atoms with Gasteiger partial charge in [-0.25, -0.2) is 10.5 Å². The molecular weight excluding hydrogens is 255 g/mol. The summed E-state index contributed by atoms with van der Waals surface area (Å²) in [5.41, 5.74) is 2.50. The van der Waals surface area contributed by atoms with Gasteiger partial charge in [0.25, 0.3) is 5.91 Å². The second kappa shape index (κ2) is 6.65. The molecule has 0 aliphatic carbocycles. The average Bonchev–Trinajstić information content (AvgIpc) is 2.22. The van der Waals surface area contributed by atoms with Gasteiger partial charge in [-0.2, -0.15) is 0 Å². The van der Waals surface area contributed by atoms with Crippen molar-refractivity contribution in [1.82, 2.24) is 10.5 Å². The van der Waals surface area contributed by atoms with E-state index in [0.717, 1.165) is 0 Å². The molecule has 16 heavy (non-hydrogen) atoms. The van der Waals surface area contributed by atoms with Crippen LogP contribution in [0.25, 0.3) is 0 Å². The average molecular weight is 265 g/mol. The van der Waals surface area contributed by atoms with Gasteiger partial charge in [0.2, 0.25) is 0 Å². The number of hydroxylamine groups is 1. The van der Waals surface area contributed by atoms with Gasteiger partial charge >= 0.3 is 0 Å². The summed E-state index contributed by atoms with van der Waals surface area (Å²) in [4.78, 5) is 20.0. The monoisotopic (exact) mass is 264 g/mol. The number of hydrogen-bond donors (Lipinski definition) is 1. The van der Waals surface area contributed by atoms with Crippen LogP contribution in [0, 0.1) is 0 Å². The highest BCUT2D eigenvalue weighted by Crippen LogP contribution is 2.14. The molecule has 0 fully saturated rings. The van der Waals surface area contributed by atoms with Crippen molar-refractivity contribution in [1.29, 1.82) is 0 Å². The number of pyridine rings is 1. The summed E-state index contributed by atoms with van der Waals surface area (Å²) in [6.45, 7) is 0.646. The van der Waals surface area contributed by atoms with E-state index in [1.54, 1.807) is 0 Å². The largest absolute Gasteiger partial charge is 0.382 e. The summed E-state index contributed by atoms with van der Waals surface area (Å²) < 4.78 is 4.74. The summed E-state index contributed by atoms with van der Waals surface area (Å²) >= 11 is 11.3. The fraction of sp³-hybridized carbons (Fsp3) is 0.333. The number of ether oxygens (including phenoxy) is 1. The minimum Gasteiger partial charge on any atom is -0.382 e. The number of nitrogens with zero attached hydrogens (tertiary/aromatic N) is 1. The SMILES string of the molecule is COCCONC(=O)c1cc(Cl)nc(Cl)c1. The summed E-state index contributed by atoms with van der Waals surface area (Å²) in [6, 6.07) is 2.78. The highest BCUT2D eigenvalue weighted by atomic mass is 35.5. The van der Waals surface area contributed by atoms with Gasteiger partial charge in [-0.15, -0.1) is 0 Å². The van der Waals surface area contributed by atoms with Gasteiger partial charge in [-0.3, -0.25) is 9.63 Å². The van der Waals surface area contributed by atoms with Gasteiger partial charge in [-0.1, -0.05) is 23.2 Å². The van der Waals surface area contributed by atoms with E-state index in [9.17, 15) is 4.79 Å². The number of carbonyl (C=O) groups excluding carboxylic acids is 1. The lowest BCUT2D eigenvalue weighted by molar-refractivity contribution is 0.00888. The lowest BCUT2D eigenvalue weighted by Crippen LogP contribution is -2.25. The zero-order valence-corrected chi connectivity index (χ0v) is 10.0. The van der Waals surface area contributed by atoms with Gasteiger partial charge in [0.15, 0.2) is 0 Å². The maximum absolute atomic E-state index is 11.5. The highest BCUT2D eigenvalue weighted by molar-refractivity contribution is 6.33. The van der Waals surface area contributed by atoms with Gasteiger partial charge in [-0.05, 0) is 12.1 Å². The van der Waals surface area contributed by atoms with Crippen LogP contribution in [0.3, 0.4) is 0 Å². The van der Waals surface area contributed by atoms with E-state index in [4.69, 9.17) is 32.8 Å². The third kappa shape index (κ3) is 4.32. The molecule has 0 aromatic carbocycles. The molecule has 1 N–H and O–H groups in total. The molecule has 0 atom stereocenters. The van der Waals surface area contributed by atoms with Crippen molar-refractivity contribution in [2.45, 2.75) is 0 Å². The molecular formula is C9H10Cl2N2O3. The Morgan fingerprint density at radius 2 is 2.00 bits per heavy atom. The van der Waals surface area contributed by atoms with Crippen LogP contribution in [-0.2, 0) is 9.57 Å². The molecule has 0 aliphatic rings. The smallest absolute Gasteiger partial charge is 0.275 e. The number of carbonyl (C=O) groups is 1. The van der Waals surface area contributed by atoms with Crippen molar-refractivity contribution < 1.29 is 14.4 Å². The minimum atomic E-state index is -0.442. The van der Waals surface area contributed by atoms with Crippen molar-refractivity contribution in [3.8, 4) is 0 Å². The summed E-state index contributed by atoms with van der Waals surface area (Å²) in [7, 11) is 1.54. The van der Waals surface area contributed by atoms with Crippen LogP contribution in [0.1, 0.15) is 10.4 Å². The predicted molar refractivity (Wildman–Crippen MR) is 59.6 cm³/mol. The van der Waals surface area contributed by atoms with E-state index in [-0.39, 0.29) is 22.5 Å². The first-order valence-corrected chi connectivity index (χ1v) is 5.13. The van der Waals surface area contributed by atoms with Crippen molar-refractivity contribution in [3.05, 3.63) is 28.0 Å². The van der Waals surface area contributed by atoms with Crippen molar-refractivity contribution in [3.63, 3.8) is 0 Å². The number of halogens is 2. The van der Waals surface area contributed by atoms with E-state index < -0.39 is 5.91 Å². The molecule has 1 heterocycles. The van der Waals surface area contributed by atoms with Crippen LogP contribution in [0.4, 0.5) is 0 Å². The van der Waals surface area contributed by atoms with Crippen molar-refractivity contribution in [2.24, 2.45) is 0 Å². The first-order chi connectivity index (χ1) is 7.63. The topological polar surface area (TPSA) is 60.5 Å². The molecule has 0 bridgehead atoms. The molecule has 0 radical (unpaired) electrons. The first-order valence-electron chi connectivity index (χ1n) is 4.37. The van der Waals surface area contributed by atoms with Crippen LogP contribution in [0.5, 0.6) is 0 Å². The van der Waals surface area contributed by atoms with E-state index >= 15 is 0 Å². The lowest BCUT2D eigenvalue weighted by Gasteiger charge is -2.05. The maximum atomic E-state index is 11.5. The van der Waals surface area contributed by atoms with Gasteiger partial charge in [0, 0.05) is 12.7 Å². The van der Waals surface area contributed by atoms with Crippen LogP contribution in [0.2, 0.25) is 10.3 Å². The number of rotatable bonds is 5. The molecule has 0 spiro atoms. The molecule has 88 valence electrons. The van der Waals surface area contributed by atoms with Crippen LogP contribution < -0.4 is 5.48 Å². The van der Waals surface area contributed by atoms with Crippen LogP contribution >= 0.6 is 23.2 Å². The number of hydrogen-bond acceptors (Lipinski definition) is 4. The van der Waals surface area contributed by atoms with Gasteiger partial charge < -0.3 is 4.74 Å². The van der Waals surface area contributed by atoms with E-state index in [2.05, 4.69) is 10.5 Å². The van der Waals surface area contributed by atoms with Gasteiger partial charge in [0.05, 0.1) is 13.2 Å². The van der Waals surface area contributed by atoms with Gasteiger partial charge in [0.1, 0.15) is 10.3 Å². The number of amides is 1. The van der Waals surface area contributed by atoms with Crippen LogP contribution in [0.15, 0.2) is 12.1 Å².